The lowest BCUT2D eigenvalue weighted by Gasteiger charge is -2.01. The number of aromatic nitrogens is 3. The third kappa shape index (κ3) is 1.62. The standard InChI is InChI=1S/C14H14N4/c1-15-14-7-12(16-9-17-14)11-8-18(2)13-6-4-3-5-10(11)13/h3-9H,1-2H3,(H,15,16,17). The molecule has 0 aliphatic heterocycles. The molecule has 4 heteroatoms. The number of fused-ring (bicyclic) bond motifs is 1. The second-order valence-electron chi connectivity index (χ2n) is 4.21. The predicted molar refractivity (Wildman–Crippen MR) is 73.5 cm³/mol. The van der Waals surface area contributed by atoms with Crippen LogP contribution in [0.1, 0.15) is 0 Å². The van der Waals surface area contributed by atoms with Crippen LogP contribution in [-0.2, 0) is 7.05 Å². The molecule has 0 amide bonds. The van der Waals surface area contributed by atoms with Gasteiger partial charge in [0.1, 0.15) is 12.1 Å². The first kappa shape index (κ1) is 10.8. The van der Waals surface area contributed by atoms with E-state index in [1.54, 1.807) is 6.33 Å². The van der Waals surface area contributed by atoms with Crippen LogP contribution >= 0.6 is 0 Å². The van der Waals surface area contributed by atoms with Gasteiger partial charge in [-0.25, -0.2) is 9.97 Å². The molecule has 0 spiro atoms. The van der Waals surface area contributed by atoms with Gasteiger partial charge in [0, 0.05) is 42.8 Å². The van der Waals surface area contributed by atoms with Crippen molar-refractivity contribution >= 4 is 16.7 Å². The molecule has 0 atom stereocenters. The summed E-state index contributed by atoms with van der Waals surface area (Å²) in [4.78, 5) is 8.50. The van der Waals surface area contributed by atoms with Gasteiger partial charge in [-0.15, -0.1) is 0 Å². The molecule has 0 unspecified atom stereocenters. The zero-order chi connectivity index (χ0) is 12.5. The average molecular weight is 238 g/mol. The van der Waals surface area contributed by atoms with Crippen molar-refractivity contribution in [3.05, 3.63) is 42.9 Å². The molecule has 0 radical (unpaired) electrons. The van der Waals surface area contributed by atoms with Gasteiger partial charge < -0.3 is 9.88 Å². The number of benzene rings is 1. The molecule has 0 aliphatic carbocycles. The highest BCUT2D eigenvalue weighted by atomic mass is 15.0. The summed E-state index contributed by atoms with van der Waals surface area (Å²) < 4.78 is 2.12. The van der Waals surface area contributed by atoms with E-state index in [9.17, 15) is 0 Å². The molecule has 3 aromatic rings. The summed E-state index contributed by atoms with van der Waals surface area (Å²) in [5, 5.41) is 4.24. The maximum Gasteiger partial charge on any atom is 0.129 e. The Balaban J connectivity index is 2.25. The third-order valence-electron chi connectivity index (χ3n) is 3.10. The van der Waals surface area contributed by atoms with Crippen LogP contribution in [0.2, 0.25) is 0 Å². The quantitative estimate of drug-likeness (QED) is 0.746. The van der Waals surface area contributed by atoms with Gasteiger partial charge in [-0.05, 0) is 6.07 Å². The number of aryl methyl sites for hydroxylation is 1. The second kappa shape index (κ2) is 4.14. The van der Waals surface area contributed by atoms with Crippen LogP contribution in [0.4, 0.5) is 5.82 Å². The van der Waals surface area contributed by atoms with E-state index in [2.05, 4.69) is 38.2 Å². The fourth-order valence-electron chi connectivity index (χ4n) is 2.19. The van der Waals surface area contributed by atoms with Crippen molar-refractivity contribution in [2.24, 2.45) is 7.05 Å². The molecule has 3 rings (SSSR count). The number of nitrogens with zero attached hydrogens (tertiary/aromatic N) is 3. The van der Waals surface area contributed by atoms with Gasteiger partial charge in [-0.3, -0.25) is 0 Å². The molecule has 1 N–H and O–H groups in total. The summed E-state index contributed by atoms with van der Waals surface area (Å²) in [5.74, 6) is 0.827. The molecule has 2 aromatic heterocycles. The smallest absolute Gasteiger partial charge is 0.129 e. The van der Waals surface area contributed by atoms with Gasteiger partial charge in [0.05, 0.1) is 5.69 Å². The molecule has 18 heavy (non-hydrogen) atoms. The molecule has 0 saturated heterocycles. The summed E-state index contributed by atoms with van der Waals surface area (Å²) in [6.45, 7) is 0. The lowest BCUT2D eigenvalue weighted by atomic mass is 10.1. The zero-order valence-electron chi connectivity index (χ0n) is 10.4. The van der Waals surface area contributed by atoms with Crippen molar-refractivity contribution < 1.29 is 0 Å². The van der Waals surface area contributed by atoms with Crippen LogP contribution in [0.3, 0.4) is 0 Å². The SMILES string of the molecule is CNc1cc(-c2cn(C)c3ccccc23)ncn1. The van der Waals surface area contributed by atoms with Gasteiger partial charge in [-0.1, -0.05) is 18.2 Å². The van der Waals surface area contributed by atoms with Crippen LogP contribution in [0.5, 0.6) is 0 Å². The minimum atomic E-state index is 0.827. The summed E-state index contributed by atoms with van der Waals surface area (Å²) in [6, 6.07) is 10.3. The third-order valence-corrected chi connectivity index (χ3v) is 3.10. The summed E-state index contributed by atoms with van der Waals surface area (Å²) >= 11 is 0. The number of anilines is 1. The molecule has 4 nitrogen and oxygen atoms in total. The van der Waals surface area contributed by atoms with Crippen molar-refractivity contribution in [3.63, 3.8) is 0 Å². The number of hydrogen-bond donors (Lipinski definition) is 1. The number of rotatable bonds is 2. The van der Waals surface area contributed by atoms with E-state index in [1.807, 2.05) is 32.3 Å². The highest BCUT2D eigenvalue weighted by molar-refractivity contribution is 5.95. The average Bonchev–Trinajstić information content (AvgIpc) is 2.77. The van der Waals surface area contributed by atoms with Crippen molar-refractivity contribution in [1.29, 1.82) is 0 Å². The Bertz CT molecular complexity index is 700. The number of nitrogens with one attached hydrogen (secondary N) is 1. The Kier molecular flexibility index (Phi) is 2.48. The minimum Gasteiger partial charge on any atom is -0.373 e. The van der Waals surface area contributed by atoms with Gasteiger partial charge in [-0.2, -0.15) is 0 Å². The van der Waals surface area contributed by atoms with Crippen LogP contribution < -0.4 is 5.32 Å². The van der Waals surface area contributed by atoms with E-state index in [4.69, 9.17) is 0 Å². The summed E-state index contributed by atoms with van der Waals surface area (Å²) in [7, 11) is 3.90. The Morgan fingerprint density at radius 3 is 2.83 bits per heavy atom. The highest BCUT2D eigenvalue weighted by Crippen LogP contribution is 2.29. The van der Waals surface area contributed by atoms with Crippen molar-refractivity contribution in [3.8, 4) is 11.3 Å². The number of hydrogen-bond acceptors (Lipinski definition) is 3. The van der Waals surface area contributed by atoms with E-state index in [0.717, 1.165) is 17.1 Å². The molecule has 1 aromatic carbocycles. The topological polar surface area (TPSA) is 42.7 Å². The normalized spacial score (nSPS) is 10.8. The fourth-order valence-corrected chi connectivity index (χ4v) is 2.19. The minimum absolute atomic E-state index is 0.827. The van der Waals surface area contributed by atoms with Gasteiger partial charge in [0.2, 0.25) is 0 Å². The zero-order valence-corrected chi connectivity index (χ0v) is 10.4. The Hall–Kier alpha value is -2.36. The van der Waals surface area contributed by atoms with E-state index >= 15 is 0 Å². The van der Waals surface area contributed by atoms with Crippen LogP contribution in [0.15, 0.2) is 42.9 Å². The molecule has 0 bridgehead atoms. The molecule has 2 heterocycles. The number of para-hydroxylation sites is 1. The summed E-state index contributed by atoms with van der Waals surface area (Å²) in [6.07, 6.45) is 3.69. The van der Waals surface area contributed by atoms with Gasteiger partial charge in [0.25, 0.3) is 0 Å². The monoisotopic (exact) mass is 238 g/mol. The highest BCUT2D eigenvalue weighted by Gasteiger charge is 2.09. The summed E-state index contributed by atoms with van der Waals surface area (Å²) in [5.41, 5.74) is 3.27. The lowest BCUT2D eigenvalue weighted by molar-refractivity contribution is 0.969. The Labute approximate surface area is 105 Å². The predicted octanol–water partition coefficient (Wildman–Crippen LogP) is 2.68. The lowest BCUT2D eigenvalue weighted by Crippen LogP contribution is -1.93. The van der Waals surface area contributed by atoms with E-state index in [0.29, 0.717) is 0 Å². The molecular formula is C14H14N4. The molecule has 0 fully saturated rings. The molecule has 90 valence electrons. The maximum absolute atomic E-state index is 4.36. The van der Waals surface area contributed by atoms with Gasteiger partial charge >= 0.3 is 0 Å². The van der Waals surface area contributed by atoms with Crippen molar-refractivity contribution in [2.75, 3.05) is 12.4 Å². The second-order valence-corrected chi connectivity index (χ2v) is 4.21. The van der Waals surface area contributed by atoms with Crippen molar-refractivity contribution in [1.82, 2.24) is 14.5 Å². The Morgan fingerprint density at radius 2 is 2.00 bits per heavy atom. The molecule has 0 saturated carbocycles. The van der Waals surface area contributed by atoms with E-state index < -0.39 is 0 Å². The fraction of sp³-hybridized carbons (Fsp3) is 0.143. The van der Waals surface area contributed by atoms with E-state index in [-0.39, 0.29) is 0 Å². The van der Waals surface area contributed by atoms with Crippen LogP contribution in [0, 0.1) is 0 Å². The van der Waals surface area contributed by atoms with Crippen LogP contribution in [0.25, 0.3) is 22.2 Å². The Morgan fingerprint density at radius 1 is 1.17 bits per heavy atom. The van der Waals surface area contributed by atoms with Crippen molar-refractivity contribution in [2.45, 2.75) is 0 Å². The van der Waals surface area contributed by atoms with Crippen LogP contribution in [-0.4, -0.2) is 21.6 Å². The first-order valence-corrected chi connectivity index (χ1v) is 5.84. The first-order valence-electron chi connectivity index (χ1n) is 5.84. The maximum atomic E-state index is 4.36. The van der Waals surface area contributed by atoms with E-state index in [1.165, 1.54) is 10.9 Å². The van der Waals surface area contributed by atoms with Gasteiger partial charge in [0.15, 0.2) is 0 Å². The molecular weight excluding hydrogens is 224 g/mol. The first-order chi connectivity index (χ1) is 8.79. The molecule has 0 aliphatic rings. The largest absolute Gasteiger partial charge is 0.373 e.